The van der Waals surface area contributed by atoms with Crippen molar-refractivity contribution in [3.8, 4) is 0 Å². The summed E-state index contributed by atoms with van der Waals surface area (Å²) in [4.78, 5) is 18.4. The molecule has 4 nitrogen and oxygen atoms in total. The van der Waals surface area contributed by atoms with Crippen molar-refractivity contribution < 1.29 is 19.3 Å². The molecule has 0 saturated heterocycles. The van der Waals surface area contributed by atoms with Crippen LogP contribution in [-0.4, -0.2) is 35.7 Å². The Balaban J connectivity index is 3.88. The van der Waals surface area contributed by atoms with Gasteiger partial charge in [-0.25, -0.2) is 0 Å². The molecule has 0 fully saturated rings. The Hall–Kier alpha value is 0.270. The first kappa shape index (κ1) is 11.3. The third-order valence-corrected chi connectivity index (χ3v) is 2.31. The van der Waals surface area contributed by atoms with Gasteiger partial charge in [-0.2, -0.15) is 0 Å². The molecule has 0 aliphatic rings. The summed E-state index contributed by atoms with van der Waals surface area (Å²) in [5.74, 6) is 0. The fourth-order valence-electron chi connectivity index (χ4n) is 0.667. The van der Waals surface area contributed by atoms with Crippen molar-refractivity contribution in [1.29, 1.82) is 0 Å². The van der Waals surface area contributed by atoms with E-state index in [0.717, 1.165) is 0 Å². The molecular formula is C6H17O4P. The molecule has 0 radical (unpaired) electrons. The Morgan fingerprint density at radius 3 is 1.73 bits per heavy atom. The maximum absolute atomic E-state index is 9.18. The van der Waals surface area contributed by atoms with E-state index in [2.05, 4.69) is 0 Å². The Kier molecular flexibility index (Phi) is 5.13. The van der Waals surface area contributed by atoms with Crippen LogP contribution in [0.25, 0.3) is 0 Å². The number of hydrogen-bond acceptors (Lipinski definition) is 4. The molecule has 0 heterocycles. The van der Waals surface area contributed by atoms with Crippen LogP contribution in [0.5, 0.6) is 0 Å². The molecule has 0 atom stereocenters. The molecule has 70 valence electrons. The van der Waals surface area contributed by atoms with Crippen LogP contribution in [0, 0.1) is 0 Å². The summed E-state index contributed by atoms with van der Waals surface area (Å²) < 4.78 is 9.97. The molecule has 0 saturated carbocycles. The molecule has 0 spiro atoms. The summed E-state index contributed by atoms with van der Waals surface area (Å²) in [6, 6.07) is -0.822. The van der Waals surface area contributed by atoms with E-state index in [1.807, 2.05) is 0 Å². The first-order valence-corrected chi connectivity index (χ1v) is 6.17. The summed E-state index contributed by atoms with van der Waals surface area (Å²) in [7, 11) is -3.27. The van der Waals surface area contributed by atoms with Crippen molar-refractivity contribution in [2.45, 2.75) is 19.9 Å². The van der Waals surface area contributed by atoms with Gasteiger partial charge in [0, 0.05) is 0 Å². The van der Waals surface area contributed by atoms with Gasteiger partial charge in [0.05, 0.1) is 0 Å². The average molecular weight is 184 g/mol. The molecule has 5 heteroatoms. The molecule has 0 aliphatic heterocycles. The van der Waals surface area contributed by atoms with Crippen LogP contribution in [0.15, 0.2) is 0 Å². The molecule has 0 amide bonds. The summed E-state index contributed by atoms with van der Waals surface area (Å²) in [5.41, 5.74) is 0. The van der Waals surface area contributed by atoms with E-state index < -0.39 is 13.7 Å². The monoisotopic (exact) mass is 184 g/mol. The van der Waals surface area contributed by atoms with Crippen LogP contribution < -0.4 is 0 Å². The summed E-state index contributed by atoms with van der Waals surface area (Å²) >= 11 is 0. The van der Waals surface area contributed by atoms with Gasteiger partial charge in [-0.1, -0.05) is 0 Å². The summed E-state index contributed by atoms with van der Waals surface area (Å²) in [6.45, 7) is 5.78. The zero-order chi connectivity index (χ0) is 8.91. The van der Waals surface area contributed by atoms with E-state index in [4.69, 9.17) is 9.47 Å². The van der Waals surface area contributed by atoms with Crippen LogP contribution in [0.1, 0.15) is 13.8 Å². The van der Waals surface area contributed by atoms with Gasteiger partial charge in [-0.3, -0.25) is 0 Å². The van der Waals surface area contributed by atoms with Crippen molar-refractivity contribution in [3.05, 3.63) is 0 Å². The van der Waals surface area contributed by atoms with Gasteiger partial charge in [0.2, 0.25) is 0 Å². The van der Waals surface area contributed by atoms with Gasteiger partial charge in [0.25, 0.3) is 0 Å². The minimum absolute atomic E-state index is 0.425. The van der Waals surface area contributed by atoms with E-state index in [1.54, 1.807) is 13.8 Å². The second kappa shape index (κ2) is 5.01. The molecule has 0 aliphatic carbocycles. The van der Waals surface area contributed by atoms with Crippen LogP contribution in [0.2, 0.25) is 0 Å². The van der Waals surface area contributed by atoms with Crippen molar-refractivity contribution >= 4 is 7.72 Å². The zero-order valence-corrected chi connectivity index (χ0v) is 8.20. The maximum atomic E-state index is 9.18. The molecule has 0 unspecified atom stereocenters. The van der Waals surface area contributed by atoms with E-state index in [-0.39, 0.29) is 0 Å². The second-order valence-electron chi connectivity index (χ2n) is 2.34. The van der Waals surface area contributed by atoms with Crippen molar-refractivity contribution in [3.63, 3.8) is 0 Å². The Bertz CT molecular complexity index is 95.2. The summed E-state index contributed by atoms with van der Waals surface area (Å²) in [6.07, 6.45) is 0. The third-order valence-electron chi connectivity index (χ3n) is 1.08. The van der Waals surface area contributed by atoms with E-state index in [0.29, 0.717) is 13.2 Å². The standard InChI is InChI=1S/C6H17O4P/c1-4-9-6(10-5-2)11(3,7)8/h6-8,11H,4-5H2,1-3H3. The van der Waals surface area contributed by atoms with E-state index >= 15 is 0 Å². The van der Waals surface area contributed by atoms with Crippen molar-refractivity contribution in [2.24, 2.45) is 0 Å². The molecule has 11 heavy (non-hydrogen) atoms. The molecule has 0 aromatic heterocycles. The Morgan fingerprint density at radius 2 is 1.55 bits per heavy atom. The van der Waals surface area contributed by atoms with Gasteiger partial charge >= 0.3 is 66.7 Å². The third kappa shape index (κ3) is 4.67. The molecule has 0 rings (SSSR count). The molecule has 0 aromatic rings. The van der Waals surface area contributed by atoms with Crippen molar-refractivity contribution in [2.75, 3.05) is 19.9 Å². The predicted molar refractivity (Wildman–Crippen MR) is 45.7 cm³/mol. The van der Waals surface area contributed by atoms with Crippen LogP contribution in [-0.2, 0) is 9.47 Å². The van der Waals surface area contributed by atoms with Gasteiger partial charge in [-0.15, -0.1) is 0 Å². The minimum atomic E-state index is -3.27. The molecule has 0 bridgehead atoms. The van der Waals surface area contributed by atoms with E-state index in [1.165, 1.54) is 6.66 Å². The average Bonchev–Trinajstić information content (AvgIpc) is 1.85. The quantitative estimate of drug-likeness (QED) is 0.483. The van der Waals surface area contributed by atoms with Gasteiger partial charge in [0.1, 0.15) is 0 Å². The first-order chi connectivity index (χ1) is 5.02. The Labute approximate surface area is 67.6 Å². The second-order valence-corrected chi connectivity index (χ2v) is 5.00. The van der Waals surface area contributed by atoms with Gasteiger partial charge < -0.3 is 0 Å². The fourth-order valence-corrected chi connectivity index (χ4v) is 1.63. The normalized spacial score (nSPS) is 14.0. The molecular weight excluding hydrogens is 167 g/mol. The van der Waals surface area contributed by atoms with Crippen LogP contribution >= 0.6 is 7.72 Å². The molecule has 2 N–H and O–H groups in total. The van der Waals surface area contributed by atoms with Crippen LogP contribution in [0.4, 0.5) is 0 Å². The fraction of sp³-hybridized carbons (Fsp3) is 1.00. The predicted octanol–water partition coefficient (Wildman–Crippen LogP) is 0.537. The van der Waals surface area contributed by atoms with E-state index in [9.17, 15) is 9.79 Å². The van der Waals surface area contributed by atoms with Gasteiger partial charge in [0.15, 0.2) is 0 Å². The Morgan fingerprint density at radius 1 is 1.18 bits per heavy atom. The number of ether oxygens (including phenoxy) is 2. The summed E-state index contributed by atoms with van der Waals surface area (Å²) in [5, 5.41) is 0. The SMILES string of the molecule is CCOC(OCC)[PH](C)(O)O. The van der Waals surface area contributed by atoms with Gasteiger partial charge in [-0.05, 0) is 0 Å². The number of hydrogen-bond donors (Lipinski definition) is 2. The zero-order valence-electron chi connectivity index (χ0n) is 7.20. The number of rotatable bonds is 5. The topological polar surface area (TPSA) is 58.9 Å². The first-order valence-electron chi connectivity index (χ1n) is 3.70. The molecule has 0 aromatic carbocycles. The van der Waals surface area contributed by atoms with Crippen molar-refractivity contribution in [1.82, 2.24) is 0 Å². The van der Waals surface area contributed by atoms with Crippen LogP contribution in [0.3, 0.4) is 0 Å².